The molecule has 0 saturated carbocycles. The molecule has 11 rings (SSSR count). The van der Waals surface area contributed by atoms with Gasteiger partial charge in [0.2, 0.25) is 0 Å². The lowest BCUT2D eigenvalue weighted by atomic mass is 9.95. The third kappa shape index (κ3) is 5.07. The zero-order valence-electron chi connectivity index (χ0n) is 28.8. The number of benzene rings is 8. The Morgan fingerprint density at radius 1 is 0.407 bits per heavy atom. The molecule has 0 aliphatic heterocycles. The van der Waals surface area contributed by atoms with Gasteiger partial charge in [-0.2, -0.15) is 0 Å². The van der Waals surface area contributed by atoms with Gasteiger partial charge in [0, 0.05) is 33.5 Å². The van der Waals surface area contributed by atoms with E-state index in [2.05, 4.69) is 127 Å². The van der Waals surface area contributed by atoms with Crippen molar-refractivity contribution >= 4 is 65.0 Å². The smallest absolute Gasteiger partial charge is 0.166 e. The average Bonchev–Trinajstić information content (AvgIpc) is 3.84. The van der Waals surface area contributed by atoms with Crippen molar-refractivity contribution < 1.29 is 4.42 Å². The number of fused-ring (bicyclic) bond motifs is 6. The number of hydrogen-bond acceptors (Lipinski definition) is 6. The molecular weight excluding hydrogens is 681 g/mol. The molecule has 11 aromatic rings. The minimum absolute atomic E-state index is 0.572. The predicted molar refractivity (Wildman–Crippen MR) is 222 cm³/mol. The summed E-state index contributed by atoms with van der Waals surface area (Å²) >= 11 is 1.65. The lowest BCUT2D eigenvalue weighted by Crippen LogP contribution is -2.01. The second kappa shape index (κ2) is 12.3. The van der Waals surface area contributed by atoms with Gasteiger partial charge in [-0.15, -0.1) is 11.3 Å². The minimum Gasteiger partial charge on any atom is -0.456 e. The summed E-state index contributed by atoms with van der Waals surface area (Å²) in [4.78, 5) is 21.1. The standard InChI is InChI=1S/C48H28N4OS/c1-3-14-30(15-4-1)38-27-35(26-33-19-9-10-20-36(33)38)46-50-45(34-24-23-29-13-7-8-18-32(29)25-34)51-47(52-46)43-42-37-21-11-12-22-40(37)53-41(42)28-39-44(43)54-48(49-39)31-16-5-2-6-17-31/h1-28H. The van der Waals surface area contributed by atoms with Gasteiger partial charge in [-0.3, -0.25) is 0 Å². The number of hydrogen-bond donors (Lipinski definition) is 0. The van der Waals surface area contributed by atoms with Crippen LogP contribution in [0.4, 0.5) is 0 Å². The molecule has 0 aliphatic carbocycles. The van der Waals surface area contributed by atoms with Crippen molar-refractivity contribution in [2.24, 2.45) is 0 Å². The van der Waals surface area contributed by atoms with Crippen LogP contribution in [0, 0.1) is 0 Å². The molecule has 0 bridgehead atoms. The molecule has 54 heavy (non-hydrogen) atoms. The van der Waals surface area contributed by atoms with E-state index in [1.54, 1.807) is 11.3 Å². The normalized spacial score (nSPS) is 11.7. The van der Waals surface area contributed by atoms with Crippen LogP contribution in [0.25, 0.3) is 110 Å². The highest BCUT2D eigenvalue weighted by atomic mass is 32.1. The quantitative estimate of drug-likeness (QED) is 0.178. The summed E-state index contributed by atoms with van der Waals surface area (Å²) in [5, 5.41) is 7.46. The molecule has 0 amide bonds. The summed E-state index contributed by atoms with van der Waals surface area (Å²) in [6, 6.07) is 58.7. The van der Waals surface area contributed by atoms with Gasteiger partial charge in [0.25, 0.3) is 0 Å². The molecule has 5 nitrogen and oxygen atoms in total. The van der Waals surface area contributed by atoms with E-state index in [0.29, 0.717) is 17.5 Å². The van der Waals surface area contributed by atoms with Crippen LogP contribution in [-0.2, 0) is 0 Å². The second-order valence-electron chi connectivity index (χ2n) is 13.4. The highest BCUT2D eigenvalue weighted by molar-refractivity contribution is 7.22. The van der Waals surface area contributed by atoms with Gasteiger partial charge in [-0.05, 0) is 56.9 Å². The first-order chi connectivity index (χ1) is 26.7. The number of aromatic nitrogens is 4. The first-order valence-corrected chi connectivity index (χ1v) is 18.7. The fourth-order valence-corrected chi connectivity index (χ4v) is 8.65. The van der Waals surface area contributed by atoms with E-state index in [0.717, 1.165) is 86.7 Å². The summed E-state index contributed by atoms with van der Waals surface area (Å²) in [7, 11) is 0. The molecule has 0 aliphatic rings. The largest absolute Gasteiger partial charge is 0.456 e. The van der Waals surface area contributed by atoms with Crippen molar-refractivity contribution in [1.82, 2.24) is 19.9 Å². The molecular formula is C48H28N4OS. The molecule has 0 spiro atoms. The average molecular weight is 709 g/mol. The van der Waals surface area contributed by atoms with Gasteiger partial charge in [0.1, 0.15) is 16.2 Å². The third-order valence-corrected chi connectivity index (χ3v) is 11.3. The van der Waals surface area contributed by atoms with Gasteiger partial charge < -0.3 is 4.42 Å². The van der Waals surface area contributed by atoms with Crippen LogP contribution in [0.2, 0.25) is 0 Å². The number of thiazole rings is 1. The molecule has 3 heterocycles. The van der Waals surface area contributed by atoms with Crippen LogP contribution in [0.3, 0.4) is 0 Å². The van der Waals surface area contributed by atoms with Crippen LogP contribution in [0.5, 0.6) is 0 Å². The molecule has 3 aromatic heterocycles. The molecule has 0 N–H and O–H groups in total. The van der Waals surface area contributed by atoms with Crippen LogP contribution in [0.15, 0.2) is 174 Å². The Kier molecular flexibility index (Phi) is 6.97. The van der Waals surface area contributed by atoms with Crippen LogP contribution in [-0.4, -0.2) is 19.9 Å². The monoisotopic (exact) mass is 708 g/mol. The SMILES string of the molecule is c1ccc(-c2nc3cc4oc5ccccc5c4c(-c4nc(-c5ccc6ccccc6c5)nc(-c5cc(-c6ccccc6)c6ccccc6c5)n4)c3s2)cc1. The molecule has 0 radical (unpaired) electrons. The van der Waals surface area contributed by atoms with Gasteiger partial charge in [0.05, 0.1) is 15.8 Å². The second-order valence-corrected chi connectivity index (χ2v) is 14.4. The van der Waals surface area contributed by atoms with Gasteiger partial charge >= 0.3 is 0 Å². The van der Waals surface area contributed by atoms with Crippen LogP contribution < -0.4 is 0 Å². The zero-order chi connectivity index (χ0) is 35.6. The Labute approximate surface area is 313 Å². The molecule has 0 saturated heterocycles. The highest BCUT2D eigenvalue weighted by Crippen LogP contribution is 2.45. The van der Waals surface area contributed by atoms with Gasteiger partial charge in [-0.25, -0.2) is 19.9 Å². The van der Waals surface area contributed by atoms with E-state index in [1.807, 2.05) is 42.5 Å². The Bertz CT molecular complexity index is 3220. The maximum atomic E-state index is 6.52. The highest BCUT2D eigenvalue weighted by Gasteiger charge is 2.24. The molecule has 252 valence electrons. The van der Waals surface area contributed by atoms with E-state index in [1.165, 1.54) is 5.39 Å². The Morgan fingerprint density at radius 2 is 1.04 bits per heavy atom. The van der Waals surface area contributed by atoms with Gasteiger partial charge in [-0.1, -0.05) is 140 Å². The van der Waals surface area contributed by atoms with Crippen molar-refractivity contribution in [3.63, 3.8) is 0 Å². The molecule has 0 fully saturated rings. The Morgan fingerprint density at radius 3 is 1.85 bits per heavy atom. The summed E-state index contributed by atoms with van der Waals surface area (Å²) in [5.41, 5.74) is 8.42. The van der Waals surface area contributed by atoms with Crippen molar-refractivity contribution in [1.29, 1.82) is 0 Å². The summed E-state index contributed by atoms with van der Waals surface area (Å²) in [6.07, 6.45) is 0. The first-order valence-electron chi connectivity index (χ1n) is 17.9. The van der Waals surface area contributed by atoms with Crippen LogP contribution >= 0.6 is 11.3 Å². The van der Waals surface area contributed by atoms with Crippen molar-refractivity contribution in [2.75, 3.05) is 0 Å². The van der Waals surface area contributed by atoms with Crippen molar-refractivity contribution in [3.05, 3.63) is 170 Å². The number of rotatable bonds is 5. The third-order valence-electron chi connectivity index (χ3n) is 10.1. The summed E-state index contributed by atoms with van der Waals surface area (Å²) < 4.78 is 7.52. The maximum absolute atomic E-state index is 6.52. The Balaban J connectivity index is 1.24. The summed E-state index contributed by atoms with van der Waals surface area (Å²) in [5.74, 6) is 1.76. The van der Waals surface area contributed by atoms with Crippen molar-refractivity contribution in [3.8, 4) is 55.9 Å². The first kappa shape index (κ1) is 30.6. The fraction of sp³-hybridized carbons (Fsp3) is 0. The van der Waals surface area contributed by atoms with E-state index in [4.69, 9.17) is 24.4 Å². The molecule has 8 aromatic carbocycles. The topological polar surface area (TPSA) is 64.7 Å². The predicted octanol–water partition coefficient (Wildman–Crippen LogP) is 13.0. The maximum Gasteiger partial charge on any atom is 0.166 e. The summed E-state index contributed by atoms with van der Waals surface area (Å²) in [6.45, 7) is 0. The number of nitrogens with zero attached hydrogens (tertiary/aromatic N) is 4. The number of furan rings is 1. The number of para-hydroxylation sites is 1. The Hall–Kier alpha value is -7.02. The lowest BCUT2D eigenvalue weighted by molar-refractivity contribution is 0.669. The van der Waals surface area contributed by atoms with Crippen molar-refractivity contribution in [2.45, 2.75) is 0 Å². The minimum atomic E-state index is 0.572. The van der Waals surface area contributed by atoms with E-state index in [-0.39, 0.29) is 0 Å². The molecule has 6 heteroatoms. The van der Waals surface area contributed by atoms with E-state index >= 15 is 0 Å². The van der Waals surface area contributed by atoms with Crippen LogP contribution in [0.1, 0.15) is 0 Å². The fourth-order valence-electron chi connectivity index (χ4n) is 7.56. The van der Waals surface area contributed by atoms with Gasteiger partial charge in [0.15, 0.2) is 17.5 Å². The zero-order valence-corrected chi connectivity index (χ0v) is 29.6. The molecule has 0 unspecified atom stereocenters. The van der Waals surface area contributed by atoms with E-state index < -0.39 is 0 Å². The van der Waals surface area contributed by atoms with E-state index in [9.17, 15) is 0 Å². The molecule has 0 atom stereocenters. The lowest BCUT2D eigenvalue weighted by Gasteiger charge is -2.13.